The first kappa shape index (κ1) is 29.7. The molecule has 0 aromatic heterocycles. The minimum atomic E-state index is -0.191. The molecule has 0 saturated carbocycles. The van der Waals surface area contributed by atoms with Gasteiger partial charge in [0.15, 0.2) is 0 Å². The Hall–Kier alpha value is -1.32. The lowest BCUT2D eigenvalue weighted by molar-refractivity contribution is 0.136. The molecule has 1 heterocycles. The molecule has 0 aliphatic carbocycles. The molecule has 1 aromatic rings. The van der Waals surface area contributed by atoms with Crippen LogP contribution in [-0.2, 0) is 5.54 Å². The number of aliphatic hydroxyl groups is 1. The number of allylic oxidation sites excluding steroid dienone is 1. The zero-order valence-electron chi connectivity index (χ0n) is 21.1. The number of aliphatic hydroxyl groups excluding tert-OH is 1. The van der Waals surface area contributed by atoms with E-state index in [1.54, 1.807) is 0 Å². The van der Waals surface area contributed by atoms with Gasteiger partial charge in [0, 0.05) is 13.2 Å². The highest BCUT2D eigenvalue weighted by Crippen LogP contribution is 2.36. The van der Waals surface area contributed by atoms with Crippen molar-refractivity contribution in [3.05, 3.63) is 48.0 Å². The van der Waals surface area contributed by atoms with Crippen molar-refractivity contribution in [1.29, 1.82) is 0 Å². The molecule has 1 atom stereocenters. The number of nitrogens with zero attached hydrogens (tertiary/aromatic N) is 2. The fourth-order valence-electron chi connectivity index (χ4n) is 4.93. The number of aliphatic imine (C=N–C) groups is 1. The largest absolute Gasteiger partial charge is 0.396 e. The highest BCUT2D eigenvalue weighted by atomic mass is 35.5. The molecule has 1 aliphatic heterocycles. The van der Waals surface area contributed by atoms with Crippen LogP contribution in [0.3, 0.4) is 0 Å². The van der Waals surface area contributed by atoms with E-state index in [0.717, 1.165) is 32.4 Å². The minimum Gasteiger partial charge on any atom is -0.396 e. The van der Waals surface area contributed by atoms with Gasteiger partial charge in [-0.15, -0.1) is 12.4 Å². The third-order valence-corrected chi connectivity index (χ3v) is 6.92. The monoisotopic (exact) mass is 476 g/mol. The average molecular weight is 477 g/mol. The van der Waals surface area contributed by atoms with Crippen molar-refractivity contribution in [2.24, 2.45) is 4.99 Å². The molecule has 4 heteroatoms. The third kappa shape index (κ3) is 11.1. The Morgan fingerprint density at radius 3 is 2.03 bits per heavy atom. The second-order valence-electron chi connectivity index (χ2n) is 9.44. The number of halogens is 1. The lowest BCUT2D eigenvalue weighted by Crippen LogP contribution is -2.45. The van der Waals surface area contributed by atoms with Crippen molar-refractivity contribution < 1.29 is 5.11 Å². The van der Waals surface area contributed by atoms with E-state index in [4.69, 9.17) is 0 Å². The van der Waals surface area contributed by atoms with Gasteiger partial charge in [-0.05, 0) is 31.2 Å². The normalized spacial score (nSPS) is 15.2. The van der Waals surface area contributed by atoms with Crippen LogP contribution in [0, 0.1) is 0 Å². The second-order valence-corrected chi connectivity index (χ2v) is 9.44. The van der Waals surface area contributed by atoms with Gasteiger partial charge in [-0.1, -0.05) is 120 Å². The standard InChI is InChI=1S/C29H48N2O.ClH/c1-2-3-4-5-6-7-8-9-10-11-12-13-14-15-19-22-29(23-26-32,31-25-24-30-27-31)28-20-17-16-18-21-28;/h15-21,27,32H,2-14,22-26H2,1H3;1H. The van der Waals surface area contributed by atoms with Crippen LogP contribution in [0.15, 0.2) is 47.5 Å². The first-order valence-electron chi connectivity index (χ1n) is 13.4. The summed E-state index contributed by atoms with van der Waals surface area (Å²) in [6.45, 7) is 4.25. The van der Waals surface area contributed by atoms with E-state index in [-0.39, 0.29) is 24.6 Å². The molecule has 0 radical (unpaired) electrons. The summed E-state index contributed by atoms with van der Waals surface area (Å²) in [4.78, 5) is 6.79. The summed E-state index contributed by atoms with van der Waals surface area (Å²) in [5.74, 6) is 0. The summed E-state index contributed by atoms with van der Waals surface area (Å²) in [6, 6.07) is 10.7. The summed E-state index contributed by atoms with van der Waals surface area (Å²) < 4.78 is 0. The van der Waals surface area contributed by atoms with E-state index in [1.807, 2.05) is 6.34 Å². The number of benzene rings is 1. The molecule has 1 aromatic carbocycles. The Balaban J connectivity index is 0.00000544. The zero-order valence-corrected chi connectivity index (χ0v) is 21.9. The first-order chi connectivity index (χ1) is 15.8. The van der Waals surface area contributed by atoms with Crippen LogP contribution in [0.25, 0.3) is 0 Å². The Morgan fingerprint density at radius 1 is 0.879 bits per heavy atom. The summed E-state index contributed by atoms with van der Waals surface area (Å²) in [6.07, 6.45) is 26.3. The Labute approximate surface area is 210 Å². The highest BCUT2D eigenvalue weighted by molar-refractivity contribution is 5.85. The van der Waals surface area contributed by atoms with Gasteiger partial charge in [-0.2, -0.15) is 0 Å². The van der Waals surface area contributed by atoms with Crippen LogP contribution in [0.2, 0.25) is 0 Å². The molecule has 0 spiro atoms. The summed E-state index contributed by atoms with van der Waals surface area (Å²) in [5.41, 5.74) is 1.08. The van der Waals surface area contributed by atoms with Gasteiger partial charge in [-0.3, -0.25) is 4.99 Å². The van der Waals surface area contributed by atoms with Gasteiger partial charge in [-0.25, -0.2) is 0 Å². The predicted molar refractivity (Wildman–Crippen MR) is 147 cm³/mol. The fourth-order valence-corrected chi connectivity index (χ4v) is 4.93. The van der Waals surface area contributed by atoms with E-state index < -0.39 is 0 Å². The molecule has 1 aliphatic rings. The maximum Gasteiger partial charge on any atom is 0.0858 e. The Morgan fingerprint density at radius 2 is 1.48 bits per heavy atom. The van der Waals surface area contributed by atoms with E-state index in [9.17, 15) is 5.11 Å². The maximum atomic E-state index is 9.85. The first-order valence-corrected chi connectivity index (χ1v) is 13.4. The molecule has 1 N–H and O–H groups in total. The van der Waals surface area contributed by atoms with E-state index in [1.165, 1.54) is 82.6 Å². The summed E-state index contributed by atoms with van der Waals surface area (Å²) in [5, 5.41) is 9.85. The van der Waals surface area contributed by atoms with E-state index >= 15 is 0 Å². The van der Waals surface area contributed by atoms with Gasteiger partial charge in [0.25, 0.3) is 0 Å². The van der Waals surface area contributed by atoms with Crippen molar-refractivity contribution in [3.8, 4) is 0 Å². The van der Waals surface area contributed by atoms with Crippen molar-refractivity contribution in [2.45, 2.75) is 109 Å². The number of unbranched alkanes of at least 4 members (excludes halogenated alkanes) is 12. The molecule has 188 valence electrons. The topological polar surface area (TPSA) is 35.8 Å². The molecular formula is C29H49ClN2O. The summed E-state index contributed by atoms with van der Waals surface area (Å²) in [7, 11) is 0. The van der Waals surface area contributed by atoms with E-state index in [0.29, 0.717) is 0 Å². The molecule has 0 saturated heterocycles. The van der Waals surface area contributed by atoms with Crippen molar-refractivity contribution in [3.63, 3.8) is 0 Å². The van der Waals surface area contributed by atoms with Gasteiger partial charge in [0.2, 0.25) is 0 Å². The quantitative estimate of drug-likeness (QED) is 0.162. The van der Waals surface area contributed by atoms with Crippen molar-refractivity contribution in [2.75, 3.05) is 19.7 Å². The molecule has 3 nitrogen and oxygen atoms in total. The molecule has 0 fully saturated rings. The van der Waals surface area contributed by atoms with Gasteiger partial charge >= 0.3 is 0 Å². The SMILES string of the molecule is CCCCCCCCCCCCCCC=CCC(CCO)(c1ccccc1)N1C=NCC1.Cl. The molecule has 2 rings (SSSR count). The fraction of sp³-hybridized carbons (Fsp3) is 0.690. The number of hydrogen-bond acceptors (Lipinski definition) is 3. The van der Waals surface area contributed by atoms with Crippen LogP contribution in [0.1, 0.15) is 109 Å². The molecule has 0 bridgehead atoms. The average Bonchev–Trinajstić information content (AvgIpc) is 3.37. The number of hydrogen-bond donors (Lipinski definition) is 1. The Bertz CT molecular complexity index is 634. The lowest BCUT2D eigenvalue weighted by atomic mass is 9.82. The Kier molecular flexibility index (Phi) is 17.1. The summed E-state index contributed by atoms with van der Waals surface area (Å²) >= 11 is 0. The highest BCUT2D eigenvalue weighted by Gasteiger charge is 2.36. The van der Waals surface area contributed by atoms with E-state index in [2.05, 4.69) is 59.3 Å². The maximum absolute atomic E-state index is 9.85. The number of rotatable bonds is 19. The van der Waals surface area contributed by atoms with Crippen molar-refractivity contribution >= 4 is 18.7 Å². The smallest absolute Gasteiger partial charge is 0.0858 e. The van der Waals surface area contributed by atoms with Gasteiger partial charge in [0.05, 0.1) is 18.4 Å². The lowest BCUT2D eigenvalue weighted by Gasteiger charge is -2.41. The van der Waals surface area contributed by atoms with Crippen LogP contribution in [-0.4, -0.2) is 36.0 Å². The van der Waals surface area contributed by atoms with Gasteiger partial charge < -0.3 is 10.0 Å². The molecule has 0 amide bonds. The minimum absolute atomic E-state index is 0. The second kappa shape index (κ2) is 19.0. The third-order valence-electron chi connectivity index (χ3n) is 6.92. The zero-order chi connectivity index (χ0) is 22.7. The predicted octanol–water partition coefficient (Wildman–Crippen LogP) is 8.07. The molecule has 1 unspecified atom stereocenters. The molecule has 33 heavy (non-hydrogen) atoms. The van der Waals surface area contributed by atoms with Crippen LogP contribution in [0.5, 0.6) is 0 Å². The van der Waals surface area contributed by atoms with Crippen LogP contribution < -0.4 is 0 Å². The van der Waals surface area contributed by atoms with Crippen molar-refractivity contribution in [1.82, 2.24) is 4.90 Å². The van der Waals surface area contributed by atoms with Gasteiger partial charge in [0.1, 0.15) is 0 Å². The molecular weight excluding hydrogens is 428 g/mol. The van der Waals surface area contributed by atoms with Crippen LogP contribution >= 0.6 is 12.4 Å². The van der Waals surface area contributed by atoms with Crippen LogP contribution in [0.4, 0.5) is 0 Å².